The van der Waals surface area contributed by atoms with Gasteiger partial charge in [-0.25, -0.2) is 0 Å². The number of esters is 1. The van der Waals surface area contributed by atoms with Crippen molar-refractivity contribution in [3.63, 3.8) is 0 Å². The van der Waals surface area contributed by atoms with Crippen LogP contribution in [0, 0.1) is 5.92 Å². The molecule has 0 N–H and O–H groups in total. The Morgan fingerprint density at radius 1 is 1.64 bits per heavy atom. The first-order chi connectivity index (χ1) is 4.74. The van der Waals surface area contributed by atoms with Crippen LogP contribution in [0.4, 0.5) is 0 Å². The van der Waals surface area contributed by atoms with E-state index < -0.39 is 0 Å². The maximum absolute atomic E-state index is 11.0. The van der Waals surface area contributed by atoms with Gasteiger partial charge in [-0.1, -0.05) is 0 Å². The fraction of sp³-hybridized carbons (Fsp3) is 0.857. The van der Waals surface area contributed by atoms with Crippen LogP contribution in [-0.4, -0.2) is 12.6 Å². The summed E-state index contributed by atoms with van der Waals surface area (Å²) in [6.45, 7) is 2.38. The average molecular weight is 319 g/mol. The summed E-state index contributed by atoms with van der Waals surface area (Å²) in [7, 11) is 0. The Morgan fingerprint density at radius 2 is 2.18 bits per heavy atom. The van der Waals surface area contributed by atoms with E-state index in [1.807, 2.05) is 6.92 Å². The monoisotopic (exact) mass is 318 g/mol. The quantitative estimate of drug-likeness (QED) is 0.345. The van der Waals surface area contributed by atoms with E-state index in [1.165, 1.54) is 18.3 Å². The molecule has 0 radical (unpaired) electrons. The van der Waals surface area contributed by atoms with Gasteiger partial charge < -0.3 is 24.0 Å². The number of rotatable bonds is 2. The van der Waals surface area contributed by atoms with Gasteiger partial charge in [-0.05, 0) is 0 Å². The normalized spacial score (nSPS) is 28.3. The van der Waals surface area contributed by atoms with Crippen molar-refractivity contribution in [3.8, 4) is 0 Å². The zero-order chi connectivity index (χ0) is 7.56. The molecule has 4 heteroatoms. The summed E-state index contributed by atoms with van der Waals surface area (Å²) in [5, 5.41) is 0. The van der Waals surface area contributed by atoms with Crippen LogP contribution >= 0.6 is 0 Å². The van der Waals surface area contributed by atoms with Crippen molar-refractivity contribution in [1.82, 2.24) is 0 Å². The van der Waals surface area contributed by atoms with Gasteiger partial charge in [0, 0.05) is 0 Å². The maximum Gasteiger partial charge on any atom is -1.00 e. The number of carbonyl (C=O) groups is 1. The molecule has 2 nitrogen and oxygen atoms in total. The van der Waals surface area contributed by atoms with E-state index in [-0.39, 0.29) is 35.9 Å². The molecule has 1 rings (SSSR count). The van der Waals surface area contributed by atoms with Crippen LogP contribution in [0.25, 0.3) is 0 Å². The number of carbonyl (C=O) groups excluding carboxylic acids is 1. The van der Waals surface area contributed by atoms with E-state index in [9.17, 15) is 4.79 Å². The van der Waals surface area contributed by atoms with E-state index in [0.29, 0.717) is 6.61 Å². The van der Waals surface area contributed by atoms with Crippen LogP contribution in [0.2, 0.25) is 4.51 Å². The fourth-order valence-electron chi connectivity index (χ4n) is 1.19. The van der Waals surface area contributed by atoms with E-state index in [2.05, 4.69) is 0 Å². The number of hydrogen-bond acceptors (Lipinski definition) is 2. The Bertz CT molecular complexity index is 134. The van der Waals surface area contributed by atoms with Gasteiger partial charge in [-0.15, -0.1) is 0 Å². The van der Waals surface area contributed by atoms with Crippen LogP contribution in [0.5, 0.6) is 0 Å². The molecule has 0 unspecified atom stereocenters. The molecule has 1 fully saturated rings. The minimum Gasteiger partial charge on any atom is -1.00 e. The third-order valence-corrected chi connectivity index (χ3v) is 3.25. The zero-order valence-electron chi connectivity index (χ0n) is 6.68. The molecule has 0 aliphatic heterocycles. The van der Waals surface area contributed by atoms with Gasteiger partial charge in [0.05, 0.1) is 0 Å². The molecule has 0 amide bonds. The third kappa shape index (κ3) is 3.37. The maximum atomic E-state index is 11.0. The first-order valence-electron chi connectivity index (χ1n) is 3.73. The van der Waals surface area contributed by atoms with Crippen molar-refractivity contribution in [2.24, 2.45) is 5.92 Å². The van der Waals surface area contributed by atoms with E-state index >= 15 is 0 Å². The van der Waals surface area contributed by atoms with Crippen LogP contribution < -0.4 is 24.0 Å². The molecule has 0 aromatic carbocycles. The summed E-state index contributed by atoms with van der Waals surface area (Å²) in [5.41, 5.74) is 0. The minimum atomic E-state index is 0. The van der Waals surface area contributed by atoms with Crippen LogP contribution in [0.3, 0.4) is 0 Å². The summed E-state index contributed by atoms with van der Waals surface area (Å²) in [5.74, 6) is 0.269. The van der Waals surface area contributed by atoms with Crippen molar-refractivity contribution in [1.29, 1.82) is 0 Å². The van der Waals surface area contributed by atoms with Gasteiger partial charge >= 0.3 is 70.6 Å². The summed E-state index contributed by atoms with van der Waals surface area (Å²) >= 11 is 1.33. The summed E-state index contributed by atoms with van der Waals surface area (Å²) in [4.78, 5) is 11.0. The Labute approximate surface area is 94.1 Å². The molecule has 1 aliphatic rings. The summed E-state index contributed by atoms with van der Waals surface area (Å²) in [6, 6.07) is 0. The van der Waals surface area contributed by atoms with E-state index in [0.717, 1.165) is 17.4 Å². The van der Waals surface area contributed by atoms with Gasteiger partial charge in [0.25, 0.3) is 0 Å². The van der Waals surface area contributed by atoms with E-state index in [4.69, 9.17) is 4.74 Å². The Kier molecular flexibility index (Phi) is 5.87. The molecule has 60 valence electrons. The molecule has 0 saturated heterocycles. The number of halogens is 1. The van der Waals surface area contributed by atoms with E-state index in [1.54, 1.807) is 0 Å². The van der Waals surface area contributed by atoms with Gasteiger partial charge in [-0.2, -0.15) is 0 Å². The standard InChI is InChI=1S/C7H11O2.HI.Zn/c1-2-9-7(8)6-4-3-5-6;;/h3,6H,2,4-5H2,1H3;1H;/q;;+1/p-1. The van der Waals surface area contributed by atoms with Gasteiger partial charge in [0.15, 0.2) is 0 Å². The zero-order valence-corrected chi connectivity index (χ0v) is 11.8. The predicted octanol–water partition coefficient (Wildman–Crippen LogP) is -1.70. The van der Waals surface area contributed by atoms with Crippen LogP contribution in [0.1, 0.15) is 19.8 Å². The van der Waals surface area contributed by atoms with Gasteiger partial charge in [0.2, 0.25) is 0 Å². The number of hydrogen-bond donors (Lipinski definition) is 0. The molecule has 1 saturated carbocycles. The van der Waals surface area contributed by atoms with Gasteiger partial charge in [-0.3, -0.25) is 0 Å². The molecule has 0 atom stereocenters. The molecular formula is C7H11IO2Zn. The van der Waals surface area contributed by atoms with Crippen molar-refractivity contribution < 1.29 is 51.8 Å². The fourth-order valence-corrected chi connectivity index (χ4v) is 2.88. The van der Waals surface area contributed by atoms with Crippen molar-refractivity contribution in [2.45, 2.75) is 24.3 Å². The van der Waals surface area contributed by atoms with Crippen molar-refractivity contribution >= 4 is 5.97 Å². The predicted molar refractivity (Wildman–Crippen MR) is 33.1 cm³/mol. The molecule has 0 heterocycles. The topological polar surface area (TPSA) is 26.3 Å². The van der Waals surface area contributed by atoms with Gasteiger partial charge in [0.1, 0.15) is 0 Å². The third-order valence-electron chi connectivity index (χ3n) is 1.86. The first kappa shape index (κ1) is 11.8. The summed E-state index contributed by atoms with van der Waals surface area (Å²) < 4.78 is 5.73. The second kappa shape index (κ2) is 5.47. The van der Waals surface area contributed by atoms with Crippen LogP contribution in [-0.2, 0) is 27.8 Å². The minimum absolute atomic E-state index is 0. The first-order valence-corrected chi connectivity index (χ1v) is 5.45. The molecule has 0 aromatic heterocycles. The second-order valence-corrected chi connectivity index (χ2v) is 5.21. The summed E-state index contributed by atoms with van der Waals surface area (Å²) in [6.07, 6.45) is 2.16. The largest absolute Gasteiger partial charge is 1.00 e. The number of ether oxygens (including phenoxy) is 1. The molecule has 0 aromatic rings. The Morgan fingerprint density at radius 3 is 2.55 bits per heavy atom. The molecular weight excluding hydrogens is 308 g/mol. The van der Waals surface area contributed by atoms with Crippen molar-refractivity contribution in [2.75, 3.05) is 6.61 Å². The Balaban J connectivity index is 0.000001000. The van der Waals surface area contributed by atoms with Crippen LogP contribution in [0.15, 0.2) is 0 Å². The molecule has 0 bridgehead atoms. The smallest absolute Gasteiger partial charge is 1.00 e. The molecule has 0 spiro atoms. The molecule has 1 aliphatic carbocycles. The Hall–Kier alpha value is 0.823. The SMILES string of the molecule is CCOC(=O)C1C[CH]([Zn+])C1.[I-]. The average Bonchev–Trinajstić information content (AvgIpc) is 1.82. The molecule has 11 heavy (non-hydrogen) atoms. The second-order valence-electron chi connectivity index (χ2n) is 2.79. The van der Waals surface area contributed by atoms with Crippen molar-refractivity contribution in [3.05, 3.63) is 0 Å².